The van der Waals surface area contributed by atoms with E-state index in [1.807, 2.05) is 0 Å². The van der Waals surface area contributed by atoms with E-state index in [9.17, 15) is 9.59 Å². The number of carbonyl (C=O) groups excluding carboxylic acids is 2. The van der Waals surface area contributed by atoms with Crippen molar-refractivity contribution in [1.29, 1.82) is 0 Å². The number of nitrogens with one attached hydrogen (secondary N) is 1. The van der Waals surface area contributed by atoms with Crippen molar-refractivity contribution in [1.82, 2.24) is 9.80 Å². The SMILES string of the molecule is CCOC(=O)c1ccccc1NC(=O)N1CCN(CCC(C)C)CC1. The molecule has 1 aromatic carbocycles. The fraction of sp³-hybridized carbons (Fsp3) is 0.579. The van der Waals surface area contributed by atoms with E-state index in [0.29, 0.717) is 36.9 Å². The number of urea groups is 1. The molecule has 0 radical (unpaired) electrons. The highest BCUT2D eigenvalue weighted by Crippen LogP contribution is 2.17. The zero-order valence-corrected chi connectivity index (χ0v) is 15.5. The van der Waals surface area contributed by atoms with Crippen LogP contribution >= 0.6 is 0 Å². The van der Waals surface area contributed by atoms with Crippen LogP contribution in [0, 0.1) is 5.92 Å². The number of anilines is 1. The van der Waals surface area contributed by atoms with Crippen LogP contribution in [0.15, 0.2) is 24.3 Å². The van der Waals surface area contributed by atoms with Crippen molar-refractivity contribution in [3.8, 4) is 0 Å². The Balaban J connectivity index is 1.90. The van der Waals surface area contributed by atoms with Crippen molar-refractivity contribution in [2.75, 3.05) is 44.6 Å². The third kappa shape index (κ3) is 5.74. The molecule has 0 atom stereocenters. The van der Waals surface area contributed by atoms with Crippen molar-refractivity contribution >= 4 is 17.7 Å². The number of hydrogen-bond acceptors (Lipinski definition) is 4. The average Bonchev–Trinajstić information content (AvgIpc) is 2.61. The minimum Gasteiger partial charge on any atom is -0.462 e. The molecule has 6 nitrogen and oxygen atoms in total. The molecule has 0 aromatic heterocycles. The number of esters is 1. The van der Waals surface area contributed by atoms with Crippen LogP contribution in [0.2, 0.25) is 0 Å². The summed E-state index contributed by atoms with van der Waals surface area (Å²) in [4.78, 5) is 28.7. The third-order valence-corrected chi connectivity index (χ3v) is 4.35. The van der Waals surface area contributed by atoms with Crippen molar-refractivity contribution in [2.45, 2.75) is 27.2 Å². The molecule has 1 saturated heterocycles. The molecule has 6 heteroatoms. The van der Waals surface area contributed by atoms with Crippen LogP contribution < -0.4 is 5.32 Å². The monoisotopic (exact) mass is 347 g/mol. The second-order valence-electron chi connectivity index (χ2n) is 6.71. The molecule has 2 amide bonds. The van der Waals surface area contributed by atoms with E-state index in [1.165, 1.54) is 6.42 Å². The molecule has 0 bridgehead atoms. The fourth-order valence-electron chi connectivity index (χ4n) is 2.79. The van der Waals surface area contributed by atoms with Crippen LogP contribution in [0.5, 0.6) is 0 Å². The van der Waals surface area contributed by atoms with Crippen LogP contribution in [0.4, 0.5) is 10.5 Å². The molecule has 0 saturated carbocycles. The van der Waals surface area contributed by atoms with E-state index in [4.69, 9.17) is 4.74 Å². The molecule has 25 heavy (non-hydrogen) atoms. The summed E-state index contributed by atoms with van der Waals surface area (Å²) in [7, 11) is 0. The van der Waals surface area contributed by atoms with Crippen molar-refractivity contribution in [2.24, 2.45) is 5.92 Å². The van der Waals surface area contributed by atoms with E-state index in [-0.39, 0.29) is 6.03 Å². The van der Waals surface area contributed by atoms with E-state index in [1.54, 1.807) is 36.1 Å². The number of amides is 2. The molecule has 0 aliphatic carbocycles. The van der Waals surface area contributed by atoms with Crippen LogP contribution in [0.1, 0.15) is 37.6 Å². The second-order valence-corrected chi connectivity index (χ2v) is 6.71. The Bertz CT molecular complexity index is 581. The molecule has 0 spiro atoms. The molecular weight excluding hydrogens is 318 g/mol. The van der Waals surface area contributed by atoms with Gasteiger partial charge in [0.05, 0.1) is 17.9 Å². The average molecular weight is 347 g/mol. The van der Waals surface area contributed by atoms with Crippen LogP contribution in [-0.4, -0.2) is 61.1 Å². The molecule has 1 aliphatic rings. The topological polar surface area (TPSA) is 61.9 Å². The molecule has 1 heterocycles. The maximum Gasteiger partial charge on any atom is 0.340 e. The number of ether oxygens (including phenoxy) is 1. The van der Waals surface area contributed by atoms with E-state index in [0.717, 1.165) is 19.6 Å². The lowest BCUT2D eigenvalue weighted by atomic mass is 10.1. The van der Waals surface area contributed by atoms with Gasteiger partial charge in [0.15, 0.2) is 0 Å². The van der Waals surface area contributed by atoms with Gasteiger partial charge in [-0.15, -0.1) is 0 Å². The summed E-state index contributed by atoms with van der Waals surface area (Å²) in [6.07, 6.45) is 1.18. The molecule has 1 N–H and O–H groups in total. The Kier molecular flexibility index (Phi) is 7.25. The Hall–Kier alpha value is -2.08. The summed E-state index contributed by atoms with van der Waals surface area (Å²) in [6, 6.07) is 6.78. The predicted molar refractivity (Wildman–Crippen MR) is 98.9 cm³/mol. The van der Waals surface area contributed by atoms with Crippen LogP contribution in [0.3, 0.4) is 0 Å². The van der Waals surface area contributed by atoms with Gasteiger partial charge in [-0.05, 0) is 37.9 Å². The minimum atomic E-state index is -0.420. The number of nitrogens with zero attached hydrogens (tertiary/aromatic N) is 2. The van der Waals surface area contributed by atoms with Gasteiger partial charge >= 0.3 is 12.0 Å². The van der Waals surface area contributed by atoms with Gasteiger partial charge < -0.3 is 15.0 Å². The van der Waals surface area contributed by atoms with E-state index in [2.05, 4.69) is 24.1 Å². The lowest BCUT2D eigenvalue weighted by molar-refractivity contribution is 0.0527. The molecule has 2 rings (SSSR count). The Morgan fingerprint density at radius 2 is 1.84 bits per heavy atom. The Morgan fingerprint density at radius 3 is 2.48 bits per heavy atom. The Morgan fingerprint density at radius 1 is 1.16 bits per heavy atom. The van der Waals surface area contributed by atoms with Crippen molar-refractivity contribution in [3.63, 3.8) is 0 Å². The van der Waals surface area contributed by atoms with Crippen molar-refractivity contribution < 1.29 is 14.3 Å². The minimum absolute atomic E-state index is 0.166. The van der Waals surface area contributed by atoms with Crippen LogP contribution in [0.25, 0.3) is 0 Å². The van der Waals surface area contributed by atoms with Gasteiger partial charge in [-0.1, -0.05) is 26.0 Å². The zero-order chi connectivity index (χ0) is 18.2. The number of carbonyl (C=O) groups is 2. The first kappa shape index (κ1) is 19.2. The first-order chi connectivity index (χ1) is 12.0. The maximum atomic E-state index is 12.5. The van der Waals surface area contributed by atoms with Gasteiger partial charge in [-0.2, -0.15) is 0 Å². The summed E-state index contributed by atoms with van der Waals surface area (Å²) in [6.45, 7) is 10.8. The van der Waals surface area contributed by atoms with Gasteiger partial charge in [-0.3, -0.25) is 4.90 Å². The third-order valence-electron chi connectivity index (χ3n) is 4.35. The summed E-state index contributed by atoms with van der Waals surface area (Å²) in [5, 5.41) is 2.85. The highest BCUT2D eigenvalue weighted by Gasteiger charge is 2.22. The highest BCUT2D eigenvalue weighted by molar-refractivity contribution is 6.00. The zero-order valence-electron chi connectivity index (χ0n) is 15.5. The fourth-order valence-corrected chi connectivity index (χ4v) is 2.79. The second kappa shape index (κ2) is 9.42. The number of para-hydroxylation sites is 1. The smallest absolute Gasteiger partial charge is 0.340 e. The molecular formula is C19H29N3O3. The summed E-state index contributed by atoms with van der Waals surface area (Å²) in [5.41, 5.74) is 0.876. The lowest BCUT2D eigenvalue weighted by Gasteiger charge is -2.35. The summed E-state index contributed by atoms with van der Waals surface area (Å²) >= 11 is 0. The first-order valence-corrected chi connectivity index (χ1v) is 9.05. The number of hydrogen-bond donors (Lipinski definition) is 1. The normalized spacial score (nSPS) is 15.3. The largest absolute Gasteiger partial charge is 0.462 e. The van der Waals surface area contributed by atoms with Crippen molar-refractivity contribution in [3.05, 3.63) is 29.8 Å². The van der Waals surface area contributed by atoms with Gasteiger partial charge in [0.25, 0.3) is 0 Å². The number of rotatable bonds is 6. The molecule has 1 aliphatic heterocycles. The standard InChI is InChI=1S/C19H29N3O3/c1-4-25-18(23)16-7-5-6-8-17(16)20-19(24)22-13-11-21(12-14-22)10-9-15(2)3/h5-8,15H,4,9-14H2,1-3H3,(H,20,24). The summed E-state index contributed by atoms with van der Waals surface area (Å²) < 4.78 is 5.05. The molecule has 0 unspecified atom stereocenters. The van der Waals surface area contributed by atoms with Crippen LogP contribution in [-0.2, 0) is 4.74 Å². The molecule has 1 fully saturated rings. The molecule has 1 aromatic rings. The lowest BCUT2D eigenvalue weighted by Crippen LogP contribution is -2.50. The van der Waals surface area contributed by atoms with Gasteiger partial charge in [-0.25, -0.2) is 9.59 Å². The van der Waals surface area contributed by atoms with Gasteiger partial charge in [0.2, 0.25) is 0 Å². The number of piperazine rings is 1. The van der Waals surface area contributed by atoms with Gasteiger partial charge in [0, 0.05) is 26.2 Å². The quantitative estimate of drug-likeness (QED) is 0.804. The van der Waals surface area contributed by atoms with E-state index >= 15 is 0 Å². The predicted octanol–water partition coefficient (Wildman–Crippen LogP) is 3.06. The Labute approximate surface area is 150 Å². The summed E-state index contributed by atoms with van der Waals surface area (Å²) in [5.74, 6) is 0.276. The van der Waals surface area contributed by atoms with E-state index < -0.39 is 5.97 Å². The first-order valence-electron chi connectivity index (χ1n) is 9.05. The highest BCUT2D eigenvalue weighted by atomic mass is 16.5. The molecule has 138 valence electrons. The maximum absolute atomic E-state index is 12.5. The van der Waals surface area contributed by atoms with Gasteiger partial charge in [0.1, 0.15) is 0 Å². The number of benzene rings is 1.